The van der Waals surface area contributed by atoms with Gasteiger partial charge in [0.1, 0.15) is 11.4 Å². The molecule has 3 nitrogen and oxygen atoms in total. The number of ether oxygens (including phenoxy) is 2. The van der Waals surface area contributed by atoms with Crippen molar-refractivity contribution in [2.75, 3.05) is 0 Å². The van der Waals surface area contributed by atoms with Crippen molar-refractivity contribution in [3.63, 3.8) is 0 Å². The lowest BCUT2D eigenvalue weighted by Gasteiger charge is -2.18. The van der Waals surface area contributed by atoms with Gasteiger partial charge in [0.2, 0.25) is 0 Å². The molecule has 3 aromatic rings. The topological polar surface area (TPSA) is 35.5 Å². The molecule has 0 aromatic heterocycles. The molecule has 0 aliphatic carbocycles. The maximum Gasteiger partial charge on any atom is 0.514 e. The molecule has 0 atom stereocenters. The molecule has 0 radical (unpaired) electrons. The molecule has 0 N–H and O–H groups in total. The second-order valence-corrected chi connectivity index (χ2v) is 9.00. The minimum atomic E-state index is -0.695. The van der Waals surface area contributed by atoms with E-state index in [1.165, 1.54) is 9.79 Å². The lowest BCUT2D eigenvalue weighted by molar-refractivity contribution is 0.0206. The van der Waals surface area contributed by atoms with E-state index in [0.717, 1.165) is 4.90 Å². The zero-order valence-electron chi connectivity index (χ0n) is 15.7. The monoisotopic (exact) mass is 379 g/mol. The third-order valence-electron chi connectivity index (χ3n) is 3.59. The molecule has 0 amide bonds. The standard InChI is InChI=1S/C23H23O3S/c1-23(2,3)26-22(24)25-18-11-10-16-21(17-18)27(19-12-6-4-7-13-19)20-14-8-5-9-15-20/h4-17H,1-3H3/q+1. The molecule has 3 rings (SSSR count). The molecule has 138 valence electrons. The zero-order valence-corrected chi connectivity index (χ0v) is 16.5. The van der Waals surface area contributed by atoms with Crippen molar-refractivity contribution in [2.45, 2.75) is 41.1 Å². The number of carbonyl (C=O) groups excluding carboxylic acids is 1. The Morgan fingerprint density at radius 3 is 1.78 bits per heavy atom. The van der Waals surface area contributed by atoms with E-state index < -0.39 is 11.8 Å². The predicted molar refractivity (Wildman–Crippen MR) is 108 cm³/mol. The van der Waals surface area contributed by atoms with Gasteiger partial charge in [-0.05, 0) is 57.2 Å². The fourth-order valence-corrected chi connectivity index (χ4v) is 4.68. The summed E-state index contributed by atoms with van der Waals surface area (Å²) in [4.78, 5) is 15.5. The summed E-state index contributed by atoms with van der Waals surface area (Å²) in [6.45, 7) is 5.44. The molecule has 0 aliphatic rings. The summed E-state index contributed by atoms with van der Waals surface area (Å²) in [6.07, 6.45) is -0.695. The van der Waals surface area contributed by atoms with Crippen molar-refractivity contribution in [2.24, 2.45) is 0 Å². The number of benzene rings is 3. The largest absolute Gasteiger partial charge is 0.514 e. The number of rotatable bonds is 4. The lowest BCUT2D eigenvalue weighted by Crippen LogP contribution is -2.26. The van der Waals surface area contributed by atoms with Gasteiger partial charge in [-0.1, -0.05) is 42.5 Å². The Bertz CT molecular complexity index is 847. The van der Waals surface area contributed by atoms with Gasteiger partial charge in [-0.15, -0.1) is 0 Å². The van der Waals surface area contributed by atoms with Crippen LogP contribution in [0.4, 0.5) is 4.79 Å². The van der Waals surface area contributed by atoms with Gasteiger partial charge in [0, 0.05) is 6.07 Å². The molecule has 0 saturated carbocycles. The molecule has 0 heterocycles. The van der Waals surface area contributed by atoms with E-state index in [0.29, 0.717) is 5.75 Å². The molecular formula is C23H23O3S+. The van der Waals surface area contributed by atoms with Gasteiger partial charge in [-0.2, -0.15) is 0 Å². The predicted octanol–water partition coefficient (Wildman–Crippen LogP) is 6.10. The molecule has 0 unspecified atom stereocenters. The van der Waals surface area contributed by atoms with Crippen LogP contribution in [0.5, 0.6) is 5.75 Å². The molecule has 0 fully saturated rings. The van der Waals surface area contributed by atoms with Crippen LogP contribution in [-0.2, 0) is 15.6 Å². The van der Waals surface area contributed by atoms with Crippen LogP contribution < -0.4 is 4.74 Å². The first-order chi connectivity index (χ1) is 12.9. The van der Waals surface area contributed by atoms with Crippen molar-refractivity contribution in [1.29, 1.82) is 0 Å². The lowest BCUT2D eigenvalue weighted by atomic mass is 10.2. The molecular weight excluding hydrogens is 356 g/mol. The SMILES string of the molecule is CC(C)(C)OC(=O)Oc1cccc([S+](c2ccccc2)c2ccccc2)c1. The molecule has 0 spiro atoms. The summed E-state index contributed by atoms with van der Waals surface area (Å²) in [5.41, 5.74) is -0.590. The van der Waals surface area contributed by atoms with E-state index in [-0.39, 0.29) is 10.9 Å². The highest BCUT2D eigenvalue weighted by molar-refractivity contribution is 7.97. The van der Waals surface area contributed by atoms with Crippen LogP contribution in [0.25, 0.3) is 0 Å². The molecule has 3 aromatic carbocycles. The van der Waals surface area contributed by atoms with E-state index in [2.05, 4.69) is 30.3 Å². The normalized spacial score (nSPS) is 11.3. The number of hydrogen-bond acceptors (Lipinski definition) is 3. The maximum atomic E-state index is 12.0. The summed E-state index contributed by atoms with van der Waals surface area (Å²) in [5.74, 6) is 0.478. The summed E-state index contributed by atoms with van der Waals surface area (Å²) < 4.78 is 10.6. The minimum Gasteiger partial charge on any atom is -0.428 e. The number of hydrogen-bond donors (Lipinski definition) is 0. The fourth-order valence-electron chi connectivity index (χ4n) is 2.55. The van der Waals surface area contributed by atoms with E-state index in [9.17, 15) is 4.79 Å². The van der Waals surface area contributed by atoms with Gasteiger partial charge in [0.05, 0.1) is 10.9 Å². The molecule has 27 heavy (non-hydrogen) atoms. The van der Waals surface area contributed by atoms with Crippen molar-refractivity contribution in [3.05, 3.63) is 84.9 Å². The smallest absolute Gasteiger partial charge is 0.428 e. The second kappa shape index (κ2) is 8.31. The van der Waals surface area contributed by atoms with Crippen molar-refractivity contribution in [3.8, 4) is 5.75 Å². The van der Waals surface area contributed by atoms with E-state index in [1.807, 2.05) is 69.3 Å². The molecule has 0 saturated heterocycles. The highest BCUT2D eigenvalue weighted by atomic mass is 32.2. The first kappa shape index (κ1) is 19.1. The van der Waals surface area contributed by atoms with Crippen molar-refractivity contribution < 1.29 is 14.3 Å². The Labute approximate surface area is 163 Å². The summed E-state index contributed by atoms with van der Waals surface area (Å²) in [5, 5.41) is 0. The van der Waals surface area contributed by atoms with E-state index in [1.54, 1.807) is 6.07 Å². The highest BCUT2D eigenvalue weighted by Crippen LogP contribution is 2.32. The van der Waals surface area contributed by atoms with Crippen LogP contribution >= 0.6 is 0 Å². The quantitative estimate of drug-likeness (QED) is 0.312. The summed E-state index contributed by atoms with van der Waals surface area (Å²) in [7, 11) is -0.291. The van der Waals surface area contributed by atoms with Crippen LogP contribution in [0, 0.1) is 0 Å². The third kappa shape index (κ3) is 5.38. The Kier molecular flexibility index (Phi) is 5.87. The highest BCUT2D eigenvalue weighted by Gasteiger charge is 2.29. The van der Waals surface area contributed by atoms with Crippen molar-refractivity contribution >= 4 is 17.1 Å². The molecule has 0 aliphatic heterocycles. The average Bonchev–Trinajstić information content (AvgIpc) is 2.62. The van der Waals surface area contributed by atoms with E-state index >= 15 is 0 Å². The number of carbonyl (C=O) groups is 1. The Hall–Kier alpha value is -2.72. The van der Waals surface area contributed by atoms with Crippen LogP contribution in [0.15, 0.2) is 99.6 Å². The summed E-state index contributed by atoms with van der Waals surface area (Å²) >= 11 is 0. The van der Waals surface area contributed by atoms with Gasteiger partial charge in [-0.3, -0.25) is 0 Å². The van der Waals surface area contributed by atoms with E-state index in [4.69, 9.17) is 9.47 Å². The van der Waals surface area contributed by atoms with Crippen LogP contribution in [0.2, 0.25) is 0 Å². The minimum absolute atomic E-state index is 0.291. The van der Waals surface area contributed by atoms with Gasteiger partial charge in [0.15, 0.2) is 14.7 Å². The first-order valence-corrected chi connectivity index (χ1v) is 10.0. The average molecular weight is 380 g/mol. The summed E-state index contributed by atoms with van der Waals surface area (Å²) in [6, 6.07) is 28.3. The Balaban J connectivity index is 1.93. The Morgan fingerprint density at radius 1 is 0.741 bits per heavy atom. The fraction of sp³-hybridized carbons (Fsp3) is 0.174. The maximum absolute atomic E-state index is 12.0. The van der Waals surface area contributed by atoms with Gasteiger partial charge in [-0.25, -0.2) is 4.79 Å². The van der Waals surface area contributed by atoms with Gasteiger partial charge < -0.3 is 9.47 Å². The van der Waals surface area contributed by atoms with Crippen molar-refractivity contribution in [1.82, 2.24) is 0 Å². The van der Waals surface area contributed by atoms with Gasteiger partial charge in [0.25, 0.3) is 0 Å². The first-order valence-electron chi connectivity index (χ1n) is 8.78. The Morgan fingerprint density at radius 2 is 1.26 bits per heavy atom. The zero-order chi connectivity index (χ0) is 19.3. The van der Waals surface area contributed by atoms with Gasteiger partial charge >= 0.3 is 6.16 Å². The molecule has 0 bridgehead atoms. The third-order valence-corrected chi connectivity index (χ3v) is 5.80. The van der Waals surface area contributed by atoms with Crippen LogP contribution in [0.1, 0.15) is 20.8 Å². The second-order valence-electron chi connectivity index (χ2n) is 6.97. The van der Waals surface area contributed by atoms with Crippen LogP contribution in [0.3, 0.4) is 0 Å². The van der Waals surface area contributed by atoms with Crippen LogP contribution in [-0.4, -0.2) is 11.8 Å². The molecule has 4 heteroatoms.